The minimum Gasteiger partial charge on any atom is -0.223 e. The summed E-state index contributed by atoms with van der Waals surface area (Å²) in [6.45, 7) is 2.98. The molecule has 0 fully saturated rings. The Morgan fingerprint density at radius 3 is 1.69 bits per heavy atom. The van der Waals surface area contributed by atoms with E-state index in [0.29, 0.717) is 11.1 Å². The Bertz CT molecular complexity index is 1060. The second-order valence-corrected chi connectivity index (χ2v) is 9.67. The smallest absolute Gasteiger partial charge is 0.223 e. The maximum absolute atomic E-state index is 12.7. The van der Waals surface area contributed by atoms with Gasteiger partial charge in [-0.15, -0.1) is 0 Å². The van der Waals surface area contributed by atoms with Crippen molar-refractivity contribution in [1.82, 2.24) is 0 Å². The van der Waals surface area contributed by atoms with Gasteiger partial charge in [0.05, 0.1) is 15.9 Å². The SMILES string of the molecule is Cc1cc(F)ccc1S(=O)(=O)CC#N.Cc1cc(F)ccc1S(=O)(=O)Cl. The highest BCUT2D eigenvalue weighted by molar-refractivity contribution is 8.13. The topological polar surface area (TPSA) is 92.1 Å². The van der Waals surface area contributed by atoms with E-state index in [1.807, 2.05) is 0 Å². The van der Waals surface area contributed by atoms with E-state index in [1.165, 1.54) is 19.9 Å². The van der Waals surface area contributed by atoms with Gasteiger partial charge in [0.25, 0.3) is 9.05 Å². The van der Waals surface area contributed by atoms with E-state index in [4.69, 9.17) is 15.9 Å². The lowest BCUT2D eigenvalue weighted by molar-refractivity contribution is 0.596. The zero-order valence-electron chi connectivity index (χ0n) is 13.7. The zero-order chi connectivity index (χ0) is 20.1. The predicted octanol–water partition coefficient (Wildman–Crippen LogP) is 3.49. The summed E-state index contributed by atoms with van der Waals surface area (Å²) < 4.78 is 69.6. The van der Waals surface area contributed by atoms with Crippen LogP contribution in [0.5, 0.6) is 0 Å². The molecule has 0 heterocycles. The van der Waals surface area contributed by atoms with Crippen molar-refractivity contribution in [3.05, 3.63) is 59.2 Å². The van der Waals surface area contributed by atoms with Crippen LogP contribution in [0.25, 0.3) is 0 Å². The highest BCUT2D eigenvalue weighted by atomic mass is 35.7. The minimum absolute atomic E-state index is 0.0143. The van der Waals surface area contributed by atoms with Gasteiger partial charge in [0, 0.05) is 10.7 Å². The number of hydrogen-bond acceptors (Lipinski definition) is 5. The van der Waals surface area contributed by atoms with Gasteiger partial charge in [-0.05, 0) is 61.4 Å². The third-order valence-electron chi connectivity index (χ3n) is 3.13. The molecule has 0 aromatic heterocycles. The van der Waals surface area contributed by atoms with Crippen LogP contribution < -0.4 is 0 Å². The van der Waals surface area contributed by atoms with Crippen LogP contribution >= 0.6 is 10.7 Å². The summed E-state index contributed by atoms with van der Waals surface area (Å²) in [5, 5.41) is 8.31. The Morgan fingerprint density at radius 1 is 0.923 bits per heavy atom. The molecule has 2 rings (SSSR count). The van der Waals surface area contributed by atoms with Crippen LogP contribution in [0.4, 0.5) is 8.78 Å². The van der Waals surface area contributed by atoms with E-state index in [0.717, 1.165) is 30.3 Å². The lowest BCUT2D eigenvalue weighted by atomic mass is 10.2. The van der Waals surface area contributed by atoms with Crippen LogP contribution in [0.2, 0.25) is 0 Å². The Kier molecular flexibility index (Phi) is 7.26. The number of rotatable bonds is 3. The normalized spacial score (nSPS) is 11.2. The molecule has 0 unspecified atom stereocenters. The van der Waals surface area contributed by atoms with Gasteiger partial charge >= 0.3 is 0 Å². The predicted molar refractivity (Wildman–Crippen MR) is 93.0 cm³/mol. The molecule has 0 atom stereocenters. The van der Waals surface area contributed by atoms with Crippen molar-refractivity contribution in [2.75, 3.05) is 5.75 Å². The summed E-state index contributed by atoms with van der Waals surface area (Å²) in [5.74, 6) is -1.55. The monoisotopic (exact) mass is 421 g/mol. The second-order valence-electron chi connectivity index (χ2n) is 5.17. The van der Waals surface area contributed by atoms with Crippen molar-refractivity contribution in [1.29, 1.82) is 5.26 Å². The third-order valence-corrected chi connectivity index (χ3v) is 6.25. The largest absolute Gasteiger partial charge is 0.261 e. The molecule has 5 nitrogen and oxygen atoms in total. The lowest BCUT2D eigenvalue weighted by Crippen LogP contribution is -2.06. The molecule has 0 bridgehead atoms. The first-order valence-electron chi connectivity index (χ1n) is 6.95. The van der Waals surface area contributed by atoms with E-state index in [1.54, 1.807) is 6.07 Å². The fraction of sp³-hybridized carbons (Fsp3) is 0.188. The van der Waals surface area contributed by atoms with Gasteiger partial charge < -0.3 is 0 Å². The van der Waals surface area contributed by atoms with Crippen molar-refractivity contribution >= 4 is 29.6 Å². The van der Waals surface area contributed by atoms with Crippen molar-refractivity contribution < 1.29 is 25.6 Å². The van der Waals surface area contributed by atoms with Crippen LogP contribution in [-0.2, 0) is 18.9 Å². The number of nitrogens with zero attached hydrogens (tertiary/aromatic N) is 1. The highest BCUT2D eigenvalue weighted by Gasteiger charge is 2.16. The number of hydrogen-bond donors (Lipinski definition) is 0. The molecule has 0 radical (unpaired) electrons. The van der Waals surface area contributed by atoms with E-state index in [2.05, 4.69) is 0 Å². The van der Waals surface area contributed by atoms with E-state index in [-0.39, 0.29) is 9.79 Å². The van der Waals surface area contributed by atoms with E-state index in [9.17, 15) is 25.6 Å². The number of nitriles is 1. The van der Waals surface area contributed by atoms with Crippen LogP contribution in [0.3, 0.4) is 0 Å². The molecule has 140 valence electrons. The van der Waals surface area contributed by atoms with E-state index >= 15 is 0 Å². The summed E-state index contributed by atoms with van der Waals surface area (Å²) in [5.41, 5.74) is 0.630. The molecule has 0 saturated heterocycles. The average Bonchev–Trinajstić information content (AvgIpc) is 2.45. The van der Waals surface area contributed by atoms with Gasteiger partial charge in [0.15, 0.2) is 9.84 Å². The summed E-state index contributed by atoms with van der Waals surface area (Å²) in [7, 11) is -2.26. The summed E-state index contributed by atoms with van der Waals surface area (Å²) in [6.07, 6.45) is 0. The Balaban J connectivity index is 0.000000263. The average molecular weight is 422 g/mol. The fourth-order valence-corrected chi connectivity index (χ4v) is 4.35. The fourth-order valence-electron chi connectivity index (χ4n) is 2.01. The van der Waals surface area contributed by atoms with Gasteiger partial charge in [-0.2, -0.15) is 5.26 Å². The molecule has 0 aliphatic heterocycles. The van der Waals surface area contributed by atoms with Crippen molar-refractivity contribution in [3.8, 4) is 6.07 Å². The van der Waals surface area contributed by atoms with Crippen LogP contribution in [-0.4, -0.2) is 22.6 Å². The standard InChI is InChI=1S/C9H8FNO2S.C7H6ClFO2S/c1-7-6-8(10)2-3-9(7)14(12,13)5-4-11;1-5-4-6(9)2-3-7(5)12(8,10)11/h2-3,6H,5H2,1H3;2-4H,1H3. The highest BCUT2D eigenvalue weighted by Crippen LogP contribution is 2.19. The lowest BCUT2D eigenvalue weighted by Gasteiger charge is -2.03. The van der Waals surface area contributed by atoms with Gasteiger partial charge in [-0.25, -0.2) is 25.6 Å². The molecule has 0 spiro atoms. The van der Waals surface area contributed by atoms with E-state index < -0.39 is 36.3 Å². The van der Waals surface area contributed by atoms with Gasteiger partial charge in [-0.1, -0.05) is 0 Å². The number of sulfone groups is 1. The summed E-state index contributed by atoms with van der Waals surface area (Å²) in [4.78, 5) is -0.0361. The first-order valence-corrected chi connectivity index (χ1v) is 10.9. The molecule has 10 heteroatoms. The summed E-state index contributed by atoms with van der Waals surface area (Å²) in [6, 6.07) is 8.26. The first kappa shape index (κ1) is 22.0. The molecule has 0 amide bonds. The molecular formula is C16H14ClF2NO4S2. The molecule has 0 saturated carbocycles. The number of halogens is 3. The van der Waals surface area contributed by atoms with Crippen molar-refractivity contribution in [2.45, 2.75) is 23.6 Å². The van der Waals surface area contributed by atoms with Crippen molar-refractivity contribution in [2.24, 2.45) is 0 Å². The van der Waals surface area contributed by atoms with Gasteiger partial charge in [0.1, 0.15) is 17.4 Å². The van der Waals surface area contributed by atoms with Crippen LogP contribution in [0.15, 0.2) is 46.2 Å². The molecular weight excluding hydrogens is 408 g/mol. The Labute approximate surface area is 155 Å². The summed E-state index contributed by atoms with van der Waals surface area (Å²) >= 11 is 0. The quantitative estimate of drug-likeness (QED) is 0.558. The minimum atomic E-state index is -3.74. The molecule has 2 aromatic rings. The molecule has 0 aliphatic rings. The van der Waals surface area contributed by atoms with Crippen LogP contribution in [0, 0.1) is 36.8 Å². The van der Waals surface area contributed by atoms with Crippen LogP contribution in [0.1, 0.15) is 11.1 Å². The first-order chi connectivity index (χ1) is 11.9. The second kappa shape index (κ2) is 8.58. The molecule has 0 N–H and O–H groups in total. The molecule has 0 aliphatic carbocycles. The Morgan fingerprint density at radius 2 is 1.35 bits per heavy atom. The van der Waals surface area contributed by atoms with Gasteiger partial charge in [-0.3, -0.25) is 0 Å². The molecule has 2 aromatic carbocycles. The maximum Gasteiger partial charge on any atom is 0.261 e. The van der Waals surface area contributed by atoms with Gasteiger partial charge in [0.2, 0.25) is 0 Å². The maximum atomic E-state index is 12.7. The third kappa shape index (κ3) is 6.05. The number of aryl methyl sites for hydroxylation is 2. The zero-order valence-corrected chi connectivity index (χ0v) is 16.1. The molecule has 26 heavy (non-hydrogen) atoms. The Hall–Kier alpha value is -2.02. The number of benzene rings is 2. The van der Waals surface area contributed by atoms with Crippen molar-refractivity contribution in [3.63, 3.8) is 0 Å².